The Bertz CT molecular complexity index is 2080. The average Bonchev–Trinajstić information content (AvgIpc) is 3.67. The van der Waals surface area contributed by atoms with Crippen molar-refractivity contribution in [1.82, 2.24) is 0 Å². The number of halogens is 2. The molecule has 2 nitrogen and oxygen atoms in total. The van der Waals surface area contributed by atoms with Crippen molar-refractivity contribution >= 4 is 45.4 Å². The summed E-state index contributed by atoms with van der Waals surface area (Å²) in [6.07, 6.45) is 2.14. The van der Waals surface area contributed by atoms with Gasteiger partial charge in [0.25, 0.3) is 0 Å². The maximum absolute atomic E-state index is 5.98. The molecule has 0 aliphatic heterocycles. The van der Waals surface area contributed by atoms with Crippen LogP contribution < -0.4 is 9.47 Å². The molecule has 0 aliphatic carbocycles. The van der Waals surface area contributed by atoms with Crippen LogP contribution in [-0.4, -0.2) is 21.1 Å². The summed E-state index contributed by atoms with van der Waals surface area (Å²) in [5, 5.41) is 5.21. The Morgan fingerprint density at radius 2 is 0.839 bits per heavy atom. The summed E-state index contributed by atoms with van der Waals surface area (Å²) < 4.78 is 12.0. The first-order valence-corrected chi connectivity index (χ1v) is 30.1. The van der Waals surface area contributed by atoms with Crippen molar-refractivity contribution in [3.8, 4) is 33.8 Å². The molecule has 56 heavy (non-hydrogen) atoms. The monoisotopic (exact) mass is 882 g/mol. The van der Waals surface area contributed by atoms with E-state index in [1.807, 2.05) is 0 Å². The van der Waals surface area contributed by atoms with Gasteiger partial charge in [-0.15, -0.1) is 56.9 Å². The van der Waals surface area contributed by atoms with Crippen LogP contribution in [0, 0.1) is 10.8 Å². The van der Waals surface area contributed by atoms with Gasteiger partial charge in [-0.2, -0.15) is 12.1 Å². The molecule has 2 radical (unpaired) electrons. The molecule has 0 aliphatic rings. The standard InChI is InChI=1S/2C25H31O.2ClH.Si.Zr/c2*1-24(2,3)16-17-13-19-15-21(25(4,5)6)23(26-7)22(20(19)14-17)18-11-9-8-10-12-18;;;;/h2*8-15H,16H2,1-7H3;2*1H;;/q2*-1;;;;+2/p-2. The summed E-state index contributed by atoms with van der Waals surface area (Å²) >= 11 is -1.79. The molecular weight excluding hydrogens is 823 g/mol. The molecule has 0 atom stereocenters. The molecule has 0 unspecified atom stereocenters. The number of rotatable bonds is 6. The molecule has 6 heteroatoms. The molecule has 6 rings (SSSR count). The minimum absolute atomic E-state index is 0.0184. The van der Waals surface area contributed by atoms with Crippen LogP contribution in [0.15, 0.2) is 97.1 Å². The van der Waals surface area contributed by atoms with E-state index in [1.165, 1.54) is 66.1 Å². The molecule has 0 bridgehead atoms. The SMILES string of the molecule is COc1c(C(C)(C)C)cc2[cH-]c(CC(C)(C)C)cc2c1-c1ccccc1.COc1c(C(C)(C)C)cc2[cH-]c(CC(C)(C)C)cc2c1-c1ccccc1.[Si]=[Zr]([Cl])[Cl]. The Hall–Kier alpha value is -2.62. The zero-order chi connectivity index (χ0) is 41.8. The number of hydrogen-bond donors (Lipinski definition) is 0. The summed E-state index contributed by atoms with van der Waals surface area (Å²) in [4.78, 5) is 0. The van der Waals surface area contributed by atoms with Gasteiger partial charge in [-0.25, -0.2) is 0 Å². The van der Waals surface area contributed by atoms with Crippen molar-refractivity contribution in [3.05, 3.63) is 119 Å². The van der Waals surface area contributed by atoms with Crippen LogP contribution in [0.2, 0.25) is 0 Å². The van der Waals surface area contributed by atoms with E-state index in [2.05, 4.69) is 187 Å². The Kier molecular flexibility index (Phi) is 15.2. The first kappa shape index (κ1) is 46.1. The molecule has 0 spiro atoms. The van der Waals surface area contributed by atoms with E-state index in [0.29, 0.717) is 0 Å². The first-order chi connectivity index (χ1) is 25.9. The summed E-state index contributed by atoms with van der Waals surface area (Å²) in [6, 6.07) is 35.4. The average molecular weight is 885 g/mol. The van der Waals surface area contributed by atoms with E-state index in [9.17, 15) is 0 Å². The van der Waals surface area contributed by atoms with E-state index in [0.717, 1.165) is 24.3 Å². The van der Waals surface area contributed by atoms with Crippen LogP contribution in [0.4, 0.5) is 0 Å². The predicted octanol–water partition coefficient (Wildman–Crippen LogP) is 15.2. The Morgan fingerprint density at radius 1 is 0.536 bits per heavy atom. The van der Waals surface area contributed by atoms with Crippen molar-refractivity contribution in [2.24, 2.45) is 10.8 Å². The van der Waals surface area contributed by atoms with Crippen molar-refractivity contribution in [2.45, 2.75) is 107 Å². The third-order valence-electron chi connectivity index (χ3n) is 9.66. The van der Waals surface area contributed by atoms with Crippen LogP contribution in [0.1, 0.15) is 105 Å². The van der Waals surface area contributed by atoms with E-state index in [-0.39, 0.29) is 21.7 Å². The molecule has 0 heterocycles. The van der Waals surface area contributed by atoms with Gasteiger partial charge in [-0.1, -0.05) is 144 Å². The first-order valence-electron chi connectivity index (χ1n) is 19.6. The second-order valence-electron chi connectivity index (χ2n) is 19.4. The van der Waals surface area contributed by atoms with Crippen molar-refractivity contribution in [3.63, 3.8) is 0 Å². The Morgan fingerprint density at radius 3 is 1.09 bits per heavy atom. The van der Waals surface area contributed by atoms with Gasteiger partial charge in [-0.3, -0.25) is 0 Å². The van der Waals surface area contributed by atoms with E-state index in [4.69, 9.17) is 26.5 Å². The summed E-state index contributed by atoms with van der Waals surface area (Å²) in [6.45, 7) is 30.3. The van der Waals surface area contributed by atoms with Crippen LogP contribution in [0.25, 0.3) is 43.8 Å². The molecule has 0 amide bonds. The van der Waals surface area contributed by atoms with Crippen molar-refractivity contribution < 1.29 is 27.5 Å². The fraction of sp³-hybridized carbons (Fsp3) is 0.400. The number of fused-ring (bicyclic) bond motifs is 2. The van der Waals surface area contributed by atoms with Crippen LogP contribution in [0.3, 0.4) is 0 Å². The topological polar surface area (TPSA) is 18.5 Å². The Balaban J connectivity index is 0.000000227. The van der Waals surface area contributed by atoms with Gasteiger partial charge < -0.3 is 9.47 Å². The van der Waals surface area contributed by atoms with Crippen LogP contribution in [-0.2, 0) is 41.7 Å². The molecule has 0 saturated heterocycles. The van der Waals surface area contributed by atoms with Crippen molar-refractivity contribution in [2.75, 3.05) is 14.2 Å². The quantitative estimate of drug-likeness (QED) is 0.123. The number of benzene rings is 4. The molecule has 6 aromatic rings. The fourth-order valence-electron chi connectivity index (χ4n) is 7.55. The van der Waals surface area contributed by atoms with Crippen molar-refractivity contribution in [1.29, 1.82) is 0 Å². The van der Waals surface area contributed by atoms with Crippen LogP contribution >= 0.6 is 17.0 Å². The molecule has 6 aromatic carbocycles. The molecule has 0 saturated carbocycles. The predicted molar refractivity (Wildman–Crippen MR) is 244 cm³/mol. The minimum atomic E-state index is -1.79. The van der Waals surface area contributed by atoms with Gasteiger partial charge in [0, 0.05) is 0 Å². The van der Waals surface area contributed by atoms with E-state index in [1.54, 1.807) is 14.2 Å². The second kappa shape index (κ2) is 18.5. The van der Waals surface area contributed by atoms with Gasteiger partial charge in [0.05, 0.1) is 14.2 Å². The number of hydrogen-bond acceptors (Lipinski definition) is 2. The van der Waals surface area contributed by atoms with E-state index < -0.39 is 18.0 Å². The van der Waals surface area contributed by atoms with Gasteiger partial charge in [0.1, 0.15) is 11.5 Å². The molecule has 0 aromatic heterocycles. The van der Waals surface area contributed by atoms with Gasteiger partial charge >= 0.3 is 41.9 Å². The van der Waals surface area contributed by atoms with Gasteiger partial charge in [-0.05, 0) is 67.9 Å². The van der Waals surface area contributed by atoms with E-state index >= 15 is 0 Å². The number of ether oxygens (including phenoxy) is 2. The number of methoxy groups -OCH3 is 2. The fourth-order valence-corrected chi connectivity index (χ4v) is 7.55. The summed E-state index contributed by atoms with van der Waals surface area (Å²) in [5.41, 5.74) is 10.8. The molecule has 0 N–H and O–H groups in total. The van der Waals surface area contributed by atoms with Gasteiger partial charge in [0.15, 0.2) is 0 Å². The zero-order valence-corrected chi connectivity index (χ0v) is 41.2. The molecule has 298 valence electrons. The third-order valence-corrected chi connectivity index (χ3v) is 9.66. The zero-order valence-electron chi connectivity index (χ0n) is 36.2. The second-order valence-corrected chi connectivity index (χ2v) is 33.0. The van der Waals surface area contributed by atoms with Crippen LogP contribution in [0.5, 0.6) is 11.5 Å². The summed E-state index contributed by atoms with van der Waals surface area (Å²) in [7, 11) is 13.9. The van der Waals surface area contributed by atoms with Gasteiger partial charge in [0.2, 0.25) is 0 Å². The summed E-state index contributed by atoms with van der Waals surface area (Å²) in [5.74, 6) is 2.01. The molecular formula is C50H62Cl2O2SiZr-2. The third kappa shape index (κ3) is 12.2. The Labute approximate surface area is 355 Å². The normalized spacial score (nSPS) is 12.1. The maximum atomic E-state index is 5.98. The molecule has 0 fully saturated rings.